The fraction of sp³-hybridized carbons (Fsp3) is 0. The average molecular weight is 211 g/mol. The Morgan fingerprint density at radius 3 is 0.800 bits per heavy atom. The maximum Gasteiger partial charge on any atom is 0 e. The van der Waals surface area contributed by atoms with E-state index < -0.39 is 7.82 Å². The minimum absolute atomic E-state index is 0. The van der Waals surface area contributed by atoms with Gasteiger partial charge in [-0.3, -0.25) is 0 Å². The molecule has 0 saturated heterocycles. The summed E-state index contributed by atoms with van der Waals surface area (Å²) in [6, 6.07) is 0. The van der Waals surface area contributed by atoms with Gasteiger partial charge in [-0.1, -0.05) is 0 Å². The van der Waals surface area contributed by atoms with E-state index >= 15 is 0 Å². The molecule has 0 spiro atoms. The quantitative estimate of drug-likeness (QED) is 0.288. The van der Waals surface area contributed by atoms with Gasteiger partial charge in [-0.05, 0) is 0 Å². The molecule has 68 valence electrons. The van der Waals surface area contributed by atoms with Crippen molar-refractivity contribution in [3.8, 4) is 0 Å². The largest absolute Gasteiger partial charge is 0.870 e. The van der Waals surface area contributed by atoms with E-state index in [0.717, 1.165) is 0 Å². The van der Waals surface area contributed by atoms with Crippen molar-refractivity contribution in [2.45, 2.75) is 0 Å². The Morgan fingerprint density at radius 1 is 0.800 bits per heavy atom. The Balaban J connectivity index is -0.00000000800. The Kier molecular flexibility index (Phi) is 74.8. The van der Waals surface area contributed by atoms with Crippen molar-refractivity contribution >= 4 is 7.82 Å². The van der Waals surface area contributed by atoms with Gasteiger partial charge in [0, 0.05) is 21.7 Å². The predicted octanol–water partition coefficient (Wildman–Crippen LogP) is -3.53. The second-order valence-corrected chi connectivity index (χ2v) is 1.34. The summed E-state index contributed by atoms with van der Waals surface area (Å²) < 4.78 is 8.55. The third-order valence-corrected chi connectivity index (χ3v) is 0. The molecule has 0 heterocycles. The molecule has 0 saturated carbocycles. The molecule has 0 aliphatic heterocycles. The van der Waals surface area contributed by atoms with E-state index in [0.29, 0.717) is 0 Å². The molecule has 0 fully saturated rings. The molecule has 4 N–H and O–H groups in total. The van der Waals surface area contributed by atoms with Crippen molar-refractivity contribution in [1.29, 1.82) is 0 Å². The normalized spacial score (nSPS) is 5.90. The van der Waals surface area contributed by atoms with Gasteiger partial charge in [0.2, 0.25) is 0 Å². The molecule has 0 aromatic heterocycles. The van der Waals surface area contributed by atoms with Crippen LogP contribution in [-0.2, 0) is 26.3 Å². The zero-order valence-corrected chi connectivity index (χ0v) is 6.83. The maximum absolute atomic E-state index is 8.55. The van der Waals surface area contributed by atoms with Crippen molar-refractivity contribution < 1.29 is 62.9 Å². The van der Waals surface area contributed by atoms with Crippen LogP contribution in [0.15, 0.2) is 0 Å². The summed E-state index contributed by atoms with van der Waals surface area (Å²) in [5.41, 5.74) is 0. The van der Waals surface area contributed by atoms with Crippen LogP contribution < -0.4 is 14.7 Å². The van der Waals surface area contributed by atoms with E-state index in [1.165, 1.54) is 0 Å². The summed E-state index contributed by atoms with van der Waals surface area (Å²) in [7, 11) is -5.39. The molecule has 10 heteroatoms. The van der Waals surface area contributed by atoms with Crippen LogP contribution in [0.4, 0.5) is 0 Å². The first-order chi connectivity index (χ1) is 2.00. The van der Waals surface area contributed by atoms with Crippen molar-refractivity contribution in [2.24, 2.45) is 0 Å². The molecule has 0 aromatic carbocycles. The Labute approximate surface area is 71.2 Å². The minimum Gasteiger partial charge on any atom is -0.870 e. The van der Waals surface area contributed by atoms with Crippen LogP contribution in [0.25, 0.3) is 0 Å². The van der Waals surface area contributed by atoms with E-state index in [1.807, 2.05) is 0 Å². The van der Waals surface area contributed by atoms with Crippen molar-refractivity contribution in [1.82, 2.24) is 0 Å². The molecule has 0 aromatic rings. The zero-order valence-electron chi connectivity index (χ0n) is 4.37. The van der Waals surface area contributed by atoms with Crippen LogP contribution in [0.2, 0.25) is 0 Å². The fourth-order valence-electron chi connectivity index (χ4n) is 0. The molecule has 0 unspecified atom stereocenters. The molecular formula is H4O8PTi-7. The molecule has 0 aliphatic carbocycles. The summed E-state index contributed by atoms with van der Waals surface area (Å²) in [6.45, 7) is 0. The van der Waals surface area contributed by atoms with Gasteiger partial charge in [-0.2, -0.15) is 7.82 Å². The SMILES string of the molecule is O=P([O-])([O-])[O-].[OH-].[OH-].[OH-].[OH-].[Ti]. The molecule has 0 radical (unpaired) electrons. The Hall–Kier alpha value is 0.664. The number of rotatable bonds is 0. The standard InChI is InChI=1S/H3O4P.4H2O.Ti/c1-5(2,3)4;;;;;/h(H3,1,2,3,4);4*1H2;/p-7. The molecule has 8 nitrogen and oxygen atoms in total. The molecule has 0 rings (SSSR count). The monoisotopic (exact) mass is 211 g/mol. The Bertz CT molecular complexity index is 55.4. The van der Waals surface area contributed by atoms with Gasteiger partial charge >= 0.3 is 0 Å². The summed E-state index contributed by atoms with van der Waals surface area (Å²) in [4.78, 5) is 25.6. The zero-order chi connectivity index (χ0) is 4.50. The molecule has 0 aliphatic rings. The molecular weight excluding hydrogens is 207 g/mol. The van der Waals surface area contributed by atoms with Crippen molar-refractivity contribution in [2.75, 3.05) is 0 Å². The third-order valence-electron chi connectivity index (χ3n) is 0. The third kappa shape index (κ3) is 1150. The smallest absolute Gasteiger partial charge is 0 e. The second-order valence-electron chi connectivity index (χ2n) is 0.447. The van der Waals surface area contributed by atoms with Gasteiger partial charge in [0.05, 0.1) is 0 Å². The van der Waals surface area contributed by atoms with Crippen LogP contribution in [0, 0.1) is 0 Å². The van der Waals surface area contributed by atoms with Crippen LogP contribution in [0.5, 0.6) is 0 Å². The van der Waals surface area contributed by atoms with E-state index in [1.54, 1.807) is 0 Å². The molecule has 10 heavy (non-hydrogen) atoms. The summed E-state index contributed by atoms with van der Waals surface area (Å²) >= 11 is 0. The number of hydrogen-bond donors (Lipinski definition) is 0. The van der Waals surface area contributed by atoms with E-state index in [2.05, 4.69) is 0 Å². The van der Waals surface area contributed by atoms with Gasteiger partial charge in [-0.25, -0.2) is 0 Å². The second kappa shape index (κ2) is 16.3. The predicted molar refractivity (Wildman–Crippen MR) is 15.3 cm³/mol. The molecule has 0 atom stereocenters. The summed E-state index contributed by atoms with van der Waals surface area (Å²) in [6.07, 6.45) is 0. The first kappa shape index (κ1) is 45.8. The van der Waals surface area contributed by atoms with Gasteiger partial charge in [0.1, 0.15) is 0 Å². The first-order valence-electron chi connectivity index (χ1n) is 0.730. The number of phosphoric acid groups is 1. The van der Waals surface area contributed by atoms with Crippen LogP contribution in [0.1, 0.15) is 0 Å². The minimum atomic E-state index is -5.39. The number of hydrogen-bond acceptors (Lipinski definition) is 8. The topological polar surface area (TPSA) is 206 Å². The maximum atomic E-state index is 8.55. The van der Waals surface area contributed by atoms with E-state index in [9.17, 15) is 0 Å². The Morgan fingerprint density at radius 2 is 0.800 bits per heavy atom. The first-order valence-corrected chi connectivity index (χ1v) is 2.19. The van der Waals surface area contributed by atoms with Crippen molar-refractivity contribution in [3.05, 3.63) is 0 Å². The summed E-state index contributed by atoms with van der Waals surface area (Å²) in [5.74, 6) is 0. The van der Waals surface area contributed by atoms with Gasteiger partial charge in [0.25, 0.3) is 0 Å². The van der Waals surface area contributed by atoms with E-state index in [4.69, 9.17) is 19.2 Å². The van der Waals surface area contributed by atoms with Crippen molar-refractivity contribution in [3.63, 3.8) is 0 Å². The van der Waals surface area contributed by atoms with Crippen LogP contribution in [0.3, 0.4) is 0 Å². The van der Waals surface area contributed by atoms with Gasteiger partial charge in [-0.15, -0.1) is 0 Å². The summed E-state index contributed by atoms with van der Waals surface area (Å²) in [5, 5.41) is 0. The van der Waals surface area contributed by atoms with Gasteiger partial charge < -0.3 is 41.2 Å². The van der Waals surface area contributed by atoms with Gasteiger partial charge in [0.15, 0.2) is 0 Å². The van der Waals surface area contributed by atoms with E-state index in [-0.39, 0.29) is 43.6 Å². The van der Waals surface area contributed by atoms with Crippen LogP contribution >= 0.6 is 7.82 Å². The molecule has 0 bridgehead atoms. The average Bonchev–Trinajstić information content (AvgIpc) is 0.722. The fourth-order valence-corrected chi connectivity index (χ4v) is 0. The molecule has 0 amide bonds. The van der Waals surface area contributed by atoms with Crippen LogP contribution in [-0.4, -0.2) is 21.9 Å².